The summed E-state index contributed by atoms with van der Waals surface area (Å²) in [6, 6.07) is 7.03. The van der Waals surface area contributed by atoms with Crippen LogP contribution in [-0.2, 0) is 25.6 Å². The average Bonchev–Trinajstić information content (AvgIpc) is 2.88. The first kappa shape index (κ1) is 33.5. The molecule has 5 N–H and O–H groups in total. The summed E-state index contributed by atoms with van der Waals surface area (Å²) in [4.78, 5) is 52.9. The number of Topliss-reactive ketones (excluding diaryl/α,β-unsaturated/α-hetero) is 4. The van der Waals surface area contributed by atoms with E-state index >= 15 is 0 Å². The largest absolute Gasteiger partial charge is 0.321 e. The molecule has 0 amide bonds. The Morgan fingerprint density at radius 1 is 0.947 bits per heavy atom. The van der Waals surface area contributed by atoms with Crippen molar-refractivity contribution in [2.24, 2.45) is 17.6 Å². The summed E-state index contributed by atoms with van der Waals surface area (Å²) in [6.45, 7) is 13.2. The van der Waals surface area contributed by atoms with Gasteiger partial charge in [0.05, 0.1) is 23.7 Å². The van der Waals surface area contributed by atoms with Gasteiger partial charge in [-0.15, -0.1) is 6.58 Å². The topological polar surface area (TPSA) is 130 Å². The van der Waals surface area contributed by atoms with Crippen LogP contribution in [0.15, 0.2) is 43.0 Å². The lowest BCUT2D eigenvalue weighted by Crippen LogP contribution is -2.63. The van der Waals surface area contributed by atoms with E-state index in [0.29, 0.717) is 38.5 Å². The van der Waals surface area contributed by atoms with Gasteiger partial charge in [-0.3, -0.25) is 19.2 Å². The van der Waals surface area contributed by atoms with E-state index in [0.717, 1.165) is 5.56 Å². The highest BCUT2D eigenvalue weighted by molar-refractivity contribution is 6.42. The second kappa shape index (κ2) is 16.4. The van der Waals surface area contributed by atoms with Crippen molar-refractivity contribution in [2.75, 3.05) is 7.05 Å². The number of allylic oxidation sites excluding steroid dienone is 1. The molecule has 0 fully saturated rings. The molecule has 0 aliphatic carbocycles. The highest BCUT2D eigenvalue weighted by atomic mass is 16.2. The molecular formula is C30H48N4O4. The Morgan fingerprint density at radius 2 is 1.55 bits per heavy atom. The standard InChI is InChI=1S/C30H48N4O4/c1-8-9-13-16-30(6,29(38)28(37)24(32-7)19-22-14-11-10-12-15-22)34-33-25(18-21(4)5)27(36)26(35)23(31)17-20(2)3/h8,10-12,14-15,20-21,23-25,32-34H,1,9,13,16-19,31H2,2-7H3/t23-,24-,25-,30-/m0/s1. The molecule has 0 aromatic heterocycles. The zero-order valence-electron chi connectivity index (χ0n) is 24.0. The minimum absolute atomic E-state index is 0.0938. The van der Waals surface area contributed by atoms with Crippen molar-refractivity contribution < 1.29 is 19.2 Å². The van der Waals surface area contributed by atoms with E-state index < -0.39 is 46.8 Å². The van der Waals surface area contributed by atoms with Gasteiger partial charge in [0, 0.05) is 0 Å². The van der Waals surface area contributed by atoms with Gasteiger partial charge in [-0.1, -0.05) is 64.1 Å². The van der Waals surface area contributed by atoms with E-state index in [1.165, 1.54) is 0 Å². The van der Waals surface area contributed by atoms with Crippen molar-refractivity contribution in [3.05, 3.63) is 48.6 Å². The van der Waals surface area contributed by atoms with Crippen LogP contribution in [0.1, 0.15) is 72.3 Å². The van der Waals surface area contributed by atoms with E-state index in [9.17, 15) is 19.2 Å². The summed E-state index contributed by atoms with van der Waals surface area (Å²) < 4.78 is 0. The smallest absolute Gasteiger partial charge is 0.221 e. The summed E-state index contributed by atoms with van der Waals surface area (Å²) >= 11 is 0. The van der Waals surface area contributed by atoms with Crippen LogP contribution >= 0.6 is 0 Å². The first-order valence-corrected chi connectivity index (χ1v) is 13.6. The van der Waals surface area contributed by atoms with E-state index in [1.54, 1.807) is 20.0 Å². The SMILES string of the molecule is C=CCCC[C@](C)(NN[C@@H](CC(C)C)C(=O)C(=O)[C@@H](N)CC(C)C)C(=O)C(=O)[C@H](Cc1ccccc1)NC. The van der Waals surface area contributed by atoms with E-state index in [-0.39, 0.29) is 11.8 Å². The van der Waals surface area contributed by atoms with Crippen molar-refractivity contribution in [1.82, 2.24) is 16.2 Å². The van der Waals surface area contributed by atoms with E-state index in [4.69, 9.17) is 5.73 Å². The summed E-state index contributed by atoms with van der Waals surface area (Å²) in [5, 5.41) is 2.98. The molecule has 1 aromatic carbocycles. The van der Waals surface area contributed by atoms with E-state index in [1.807, 2.05) is 58.0 Å². The van der Waals surface area contributed by atoms with Crippen LogP contribution in [-0.4, -0.2) is 53.8 Å². The second-order valence-electron chi connectivity index (χ2n) is 11.2. The van der Waals surface area contributed by atoms with Crippen LogP contribution in [0.2, 0.25) is 0 Å². The first-order valence-electron chi connectivity index (χ1n) is 13.6. The molecule has 0 unspecified atom stereocenters. The van der Waals surface area contributed by atoms with Crippen molar-refractivity contribution in [1.29, 1.82) is 0 Å². The Hall–Kier alpha value is -2.52. The molecule has 38 heavy (non-hydrogen) atoms. The fraction of sp³-hybridized carbons (Fsp3) is 0.600. The molecule has 1 aromatic rings. The number of likely N-dealkylation sites (N-methyl/N-ethyl adjacent to an activating group) is 1. The van der Waals surface area contributed by atoms with Gasteiger partial charge in [-0.25, -0.2) is 10.9 Å². The second-order valence-corrected chi connectivity index (χ2v) is 11.2. The number of rotatable bonds is 20. The summed E-state index contributed by atoms with van der Waals surface area (Å²) in [6.07, 6.45) is 4.50. The normalized spacial score (nSPS) is 15.5. The van der Waals surface area contributed by atoms with Crippen LogP contribution in [0.3, 0.4) is 0 Å². The van der Waals surface area contributed by atoms with Gasteiger partial charge in [-0.05, 0) is 69.9 Å². The lowest BCUT2D eigenvalue weighted by molar-refractivity contribution is -0.142. The van der Waals surface area contributed by atoms with Gasteiger partial charge in [-0.2, -0.15) is 0 Å². The monoisotopic (exact) mass is 528 g/mol. The van der Waals surface area contributed by atoms with Crippen LogP contribution in [0.4, 0.5) is 0 Å². The molecule has 0 heterocycles. The molecule has 0 saturated heterocycles. The predicted octanol–water partition coefficient (Wildman–Crippen LogP) is 3.09. The highest BCUT2D eigenvalue weighted by Crippen LogP contribution is 2.19. The molecule has 8 heteroatoms. The fourth-order valence-corrected chi connectivity index (χ4v) is 4.36. The zero-order chi connectivity index (χ0) is 28.9. The van der Waals surface area contributed by atoms with Crippen LogP contribution < -0.4 is 21.9 Å². The van der Waals surface area contributed by atoms with Crippen LogP contribution in [0, 0.1) is 11.8 Å². The summed E-state index contributed by atoms with van der Waals surface area (Å²) in [5.74, 6) is -2.13. The number of ketones is 4. The highest BCUT2D eigenvalue weighted by Gasteiger charge is 2.41. The summed E-state index contributed by atoms with van der Waals surface area (Å²) in [7, 11) is 1.66. The van der Waals surface area contributed by atoms with Gasteiger partial charge in [0.15, 0.2) is 0 Å². The third kappa shape index (κ3) is 10.7. The Balaban J connectivity index is 3.15. The summed E-state index contributed by atoms with van der Waals surface area (Å²) in [5.41, 5.74) is 11.6. The Morgan fingerprint density at radius 3 is 2.08 bits per heavy atom. The maximum atomic E-state index is 13.6. The Labute approximate surface area is 228 Å². The third-order valence-corrected chi connectivity index (χ3v) is 6.61. The Kier molecular flexibility index (Phi) is 14.5. The van der Waals surface area contributed by atoms with Gasteiger partial charge in [0.1, 0.15) is 0 Å². The number of benzene rings is 1. The molecule has 1 rings (SSSR count). The lowest BCUT2D eigenvalue weighted by atomic mass is 9.85. The molecule has 0 aliphatic rings. The fourth-order valence-electron chi connectivity index (χ4n) is 4.36. The molecule has 0 radical (unpaired) electrons. The van der Waals surface area contributed by atoms with Gasteiger partial charge < -0.3 is 11.1 Å². The molecule has 0 aliphatic heterocycles. The minimum Gasteiger partial charge on any atom is -0.321 e. The predicted molar refractivity (Wildman–Crippen MR) is 152 cm³/mol. The number of carbonyl (C=O) groups excluding carboxylic acids is 4. The molecular weight excluding hydrogens is 480 g/mol. The van der Waals surface area contributed by atoms with E-state index in [2.05, 4.69) is 22.7 Å². The minimum atomic E-state index is -1.30. The number of nitrogens with two attached hydrogens (primary N) is 1. The molecule has 8 nitrogen and oxygen atoms in total. The van der Waals surface area contributed by atoms with Crippen molar-refractivity contribution in [3.8, 4) is 0 Å². The van der Waals surface area contributed by atoms with Crippen molar-refractivity contribution in [2.45, 2.75) is 96.8 Å². The number of nitrogens with one attached hydrogen (secondary N) is 3. The number of hydrogen-bond donors (Lipinski definition) is 4. The Bertz CT molecular complexity index is 931. The van der Waals surface area contributed by atoms with Crippen molar-refractivity contribution >= 4 is 23.1 Å². The van der Waals surface area contributed by atoms with Gasteiger partial charge in [0.25, 0.3) is 0 Å². The number of hydrogen-bond acceptors (Lipinski definition) is 8. The number of unbranched alkanes of at least 4 members (excludes halogenated alkanes) is 1. The maximum absolute atomic E-state index is 13.6. The van der Waals surface area contributed by atoms with Crippen molar-refractivity contribution in [3.63, 3.8) is 0 Å². The maximum Gasteiger partial charge on any atom is 0.221 e. The number of carbonyl (C=O) groups is 4. The third-order valence-electron chi connectivity index (χ3n) is 6.61. The molecule has 0 spiro atoms. The zero-order valence-corrected chi connectivity index (χ0v) is 24.0. The molecule has 0 saturated carbocycles. The average molecular weight is 529 g/mol. The molecule has 0 bridgehead atoms. The lowest BCUT2D eigenvalue weighted by Gasteiger charge is -2.33. The molecule has 4 atom stereocenters. The van der Waals surface area contributed by atoms with Crippen LogP contribution in [0.5, 0.6) is 0 Å². The quantitative estimate of drug-likeness (QED) is 0.0879. The molecule has 212 valence electrons. The van der Waals surface area contributed by atoms with Crippen LogP contribution in [0.25, 0.3) is 0 Å². The van der Waals surface area contributed by atoms with Gasteiger partial charge >= 0.3 is 0 Å². The first-order chi connectivity index (χ1) is 17.9. The number of hydrazine groups is 1. The van der Waals surface area contributed by atoms with Gasteiger partial charge in [0.2, 0.25) is 23.1 Å².